The molecule has 20 heavy (non-hydrogen) atoms. The minimum atomic E-state index is -4.51. The predicted molar refractivity (Wildman–Crippen MR) is 70.5 cm³/mol. The molecule has 0 amide bonds. The van der Waals surface area contributed by atoms with Gasteiger partial charge >= 0.3 is 6.18 Å². The van der Waals surface area contributed by atoms with Crippen molar-refractivity contribution < 1.29 is 21.6 Å². The van der Waals surface area contributed by atoms with Gasteiger partial charge in [0.05, 0.1) is 0 Å². The van der Waals surface area contributed by atoms with Crippen molar-refractivity contribution in [1.29, 1.82) is 0 Å². The third-order valence-corrected chi connectivity index (χ3v) is 5.05. The van der Waals surface area contributed by atoms with Crippen molar-refractivity contribution in [3.8, 4) is 0 Å². The van der Waals surface area contributed by atoms with E-state index in [1.165, 1.54) is 7.05 Å². The van der Waals surface area contributed by atoms with Crippen molar-refractivity contribution >= 4 is 10.2 Å². The fourth-order valence-electron chi connectivity index (χ4n) is 1.84. The van der Waals surface area contributed by atoms with Crippen molar-refractivity contribution in [3.05, 3.63) is 0 Å². The maximum Gasteiger partial charge on any atom is 0.402 e. The highest BCUT2D eigenvalue weighted by Gasteiger charge is 2.45. The van der Waals surface area contributed by atoms with E-state index in [0.29, 0.717) is 30.1 Å². The zero-order chi connectivity index (χ0) is 15.4. The summed E-state index contributed by atoms with van der Waals surface area (Å²) in [6, 6.07) is -0.502. The molecule has 0 bridgehead atoms. The normalized spacial score (nSPS) is 17.1. The largest absolute Gasteiger partial charge is 0.402 e. The Bertz CT molecular complexity index is 396. The Morgan fingerprint density at radius 3 is 2.35 bits per heavy atom. The molecule has 0 aliphatic heterocycles. The van der Waals surface area contributed by atoms with E-state index < -0.39 is 29.0 Å². The molecule has 0 saturated heterocycles. The second kappa shape index (κ2) is 7.06. The first-order chi connectivity index (χ1) is 9.18. The zero-order valence-corrected chi connectivity index (χ0v) is 12.6. The van der Waals surface area contributed by atoms with Crippen LogP contribution < -0.4 is 5.32 Å². The van der Waals surface area contributed by atoms with E-state index in [2.05, 4.69) is 5.32 Å². The molecule has 0 aromatic heterocycles. The Hall–Kier alpha value is -0.380. The Labute approximate surface area is 118 Å². The van der Waals surface area contributed by atoms with Crippen LogP contribution in [0.25, 0.3) is 0 Å². The fourth-order valence-corrected chi connectivity index (χ4v) is 3.45. The van der Waals surface area contributed by atoms with Gasteiger partial charge < -0.3 is 5.32 Å². The molecule has 0 radical (unpaired) electrons. The van der Waals surface area contributed by atoms with E-state index in [9.17, 15) is 21.6 Å². The third kappa shape index (κ3) is 5.55. The highest BCUT2D eigenvalue weighted by atomic mass is 32.2. The lowest BCUT2D eigenvalue weighted by molar-refractivity contribution is -0.137. The van der Waals surface area contributed by atoms with Crippen molar-refractivity contribution in [2.45, 2.75) is 38.4 Å². The summed E-state index contributed by atoms with van der Waals surface area (Å²) in [7, 11) is -2.71. The highest BCUT2D eigenvalue weighted by Crippen LogP contribution is 2.33. The van der Waals surface area contributed by atoms with Crippen molar-refractivity contribution in [2.75, 3.05) is 33.2 Å². The van der Waals surface area contributed by atoms with Gasteiger partial charge in [-0.15, -0.1) is 0 Å². The second-order valence-corrected chi connectivity index (χ2v) is 6.92. The summed E-state index contributed by atoms with van der Waals surface area (Å²) in [4.78, 5) is 0. The summed E-state index contributed by atoms with van der Waals surface area (Å²) >= 11 is 0. The summed E-state index contributed by atoms with van der Waals surface area (Å²) in [5.41, 5.74) is 0. The monoisotopic (exact) mass is 317 g/mol. The van der Waals surface area contributed by atoms with Gasteiger partial charge in [0.2, 0.25) is 0 Å². The molecule has 1 rings (SSSR count). The van der Waals surface area contributed by atoms with Crippen LogP contribution in [0.3, 0.4) is 0 Å². The lowest BCUT2D eigenvalue weighted by Crippen LogP contribution is -2.47. The summed E-state index contributed by atoms with van der Waals surface area (Å²) < 4.78 is 63.5. The third-order valence-electron chi connectivity index (χ3n) is 3.06. The minimum absolute atomic E-state index is 0.205. The quantitative estimate of drug-likeness (QED) is 0.650. The Morgan fingerprint density at radius 2 is 1.90 bits per heavy atom. The van der Waals surface area contributed by atoms with Crippen LogP contribution in [0.5, 0.6) is 0 Å². The van der Waals surface area contributed by atoms with Crippen LogP contribution in [-0.2, 0) is 10.2 Å². The number of nitrogens with one attached hydrogen (secondary N) is 1. The molecule has 120 valence electrons. The van der Waals surface area contributed by atoms with Crippen LogP contribution in [-0.4, -0.2) is 62.5 Å². The molecule has 1 aliphatic rings. The first-order valence-corrected chi connectivity index (χ1v) is 8.08. The van der Waals surface area contributed by atoms with E-state index >= 15 is 0 Å². The van der Waals surface area contributed by atoms with Gasteiger partial charge in [-0.3, -0.25) is 0 Å². The van der Waals surface area contributed by atoms with Gasteiger partial charge in [0.25, 0.3) is 10.2 Å². The molecule has 0 aromatic carbocycles. The molecule has 0 aromatic rings. The van der Waals surface area contributed by atoms with E-state index in [1.54, 1.807) is 0 Å². The SMILES string of the molecule is CCNCCCN(C)S(=O)(=O)N(CC(F)(F)F)C1CC1. The second-order valence-electron chi connectivity index (χ2n) is 4.93. The molecular formula is C11H22F3N3O2S. The molecule has 1 aliphatic carbocycles. The van der Waals surface area contributed by atoms with Gasteiger partial charge in [-0.25, -0.2) is 0 Å². The lowest BCUT2D eigenvalue weighted by atomic mass is 10.4. The van der Waals surface area contributed by atoms with Gasteiger partial charge in [-0.05, 0) is 32.4 Å². The maximum atomic E-state index is 12.5. The Balaban J connectivity index is 2.62. The average molecular weight is 317 g/mol. The van der Waals surface area contributed by atoms with Crippen molar-refractivity contribution in [3.63, 3.8) is 0 Å². The minimum Gasteiger partial charge on any atom is -0.317 e. The lowest BCUT2D eigenvalue weighted by Gasteiger charge is -2.28. The van der Waals surface area contributed by atoms with E-state index in [1.807, 2.05) is 6.92 Å². The number of hydrogen-bond donors (Lipinski definition) is 1. The maximum absolute atomic E-state index is 12.5. The standard InChI is InChI=1S/C11H22F3N3O2S/c1-3-15-7-4-8-16(2)20(18,19)17(10-5-6-10)9-11(12,13)14/h10,15H,3-9H2,1-2H3. The molecule has 9 heteroatoms. The molecule has 1 N–H and O–H groups in total. The molecule has 0 unspecified atom stereocenters. The summed E-state index contributed by atoms with van der Waals surface area (Å²) in [5, 5.41) is 3.04. The average Bonchev–Trinajstić information content (AvgIpc) is 3.14. The van der Waals surface area contributed by atoms with Gasteiger partial charge in [-0.2, -0.15) is 30.2 Å². The molecule has 1 saturated carbocycles. The van der Waals surface area contributed by atoms with E-state index in [-0.39, 0.29) is 6.54 Å². The number of rotatable bonds is 9. The van der Waals surface area contributed by atoms with Crippen LogP contribution in [0.4, 0.5) is 13.2 Å². The van der Waals surface area contributed by atoms with E-state index in [4.69, 9.17) is 0 Å². The number of nitrogens with zero attached hydrogens (tertiary/aromatic N) is 2. The number of halogens is 3. The van der Waals surface area contributed by atoms with Crippen LogP contribution in [0.1, 0.15) is 26.2 Å². The summed E-state index contributed by atoms with van der Waals surface area (Å²) in [6.07, 6.45) is -2.95. The van der Waals surface area contributed by atoms with E-state index in [0.717, 1.165) is 10.8 Å². The smallest absolute Gasteiger partial charge is 0.317 e. The summed E-state index contributed by atoms with van der Waals surface area (Å²) in [5.74, 6) is 0. The van der Waals surface area contributed by atoms with Crippen molar-refractivity contribution in [1.82, 2.24) is 13.9 Å². The molecule has 1 fully saturated rings. The highest BCUT2D eigenvalue weighted by molar-refractivity contribution is 7.86. The topological polar surface area (TPSA) is 52.7 Å². The zero-order valence-electron chi connectivity index (χ0n) is 11.8. The van der Waals surface area contributed by atoms with Crippen LogP contribution in [0, 0.1) is 0 Å². The van der Waals surface area contributed by atoms with Crippen LogP contribution in [0.15, 0.2) is 0 Å². The molecule has 0 atom stereocenters. The summed E-state index contributed by atoms with van der Waals surface area (Å²) in [6.45, 7) is 2.14. The first-order valence-electron chi connectivity index (χ1n) is 6.69. The Kier molecular flexibility index (Phi) is 6.24. The van der Waals surface area contributed by atoms with Crippen LogP contribution >= 0.6 is 0 Å². The number of alkyl halides is 3. The van der Waals surface area contributed by atoms with Crippen molar-refractivity contribution in [2.24, 2.45) is 0 Å². The molecule has 0 spiro atoms. The number of hydrogen-bond acceptors (Lipinski definition) is 3. The molecule has 0 heterocycles. The molecular weight excluding hydrogens is 295 g/mol. The van der Waals surface area contributed by atoms with Gasteiger partial charge in [-0.1, -0.05) is 6.92 Å². The first kappa shape index (κ1) is 17.7. The molecule has 5 nitrogen and oxygen atoms in total. The van der Waals surface area contributed by atoms with Gasteiger partial charge in [0, 0.05) is 19.6 Å². The van der Waals surface area contributed by atoms with Gasteiger partial charge in [0.15, 0.2) is 0 Å². The van der Waals surface area contributed by atoms with Crippen LogP contribution in [0.2, 0.25) is 0 Å². The fraction of sp³-hybridized carbons (Fsp3) is 1.00. The Morgan fingerprint density at radius 1 is 1.30 bits per heavy atom. The predicted octanol–water partition coefficient (Wildman–Crippen LogP) is 1.19. The van der Waals surface area contributed by atoms with Gasteiger partial charge in [0.1, 0.15) is 6.54 Å².